The summed E-state index contributed by atoms with van der Waals surface area (Å²) in [5.41, 5.74) is 0.135. The summed E-state index contributed by atoms with van der Waals surface area (Å²) < 4.78 is 20.9. The molecule has 1 saturated carbocycles. The summed E-state index contributed by atoms with van der Waals surface area (Å²) in [4.78, 5) is 15.4. The predicted octanol–water partition coefficient (Wildman–Crippen LogP) is 2.19. The summed E-state index contributed by atoms with van der Waals surface area (Å²) in [6.45, 7) is 2.04. The Labute approximate surface area is 112 Å². The Morgan fingerprint density at radius 3 is 3.00 bits per heavy atom. The van der Waals surface area contributed by atoms with E-state index in [4.69, 9.17) is 18.6 Å². The van der Waals surface area contributed by atoms with E-state index in [1.54, 1.807) is 14.0 Å². The summed E-state index contributed by atoms with van der Waals surface area (Å²) in [6.07, 6.45) is 5.47. The van der Waals surface area contributed by atoms with E-state index in [9.17, 15) is 4.79 Å². The molecule has 0 N–H and O–H groups in total. The van der Waals surface area contributed by atoms with Gasteiger partial charge in [0, 0.05) is 13.5 Å². The van der Waals surface area contributed by atoms with Crippen LogP contribution in [0.5, 0.6) is 6.08 Å². The maximum absolute atomic E-state index is 11.4. The van der Waals surface area contributed by atoms with Gasteiger partial charge >= 0.3 is 12.0 Å². The van der Waals surface area contributed by atoms with Gasteiger partial charge in [-0.05, 0) is 26.2 Å². The van der Waals surface area contributed by atoms with Crippen LogP contribution in [0.25, 0.3) is 0 Å². The van der Waals surface area contributed by atoms with Crippen LogP contribution < -0.4 is 4.74 Å². The molecule has 2 unspecified atom stereocenters. The topological polar surface area (TPSA) is 70.8 Å². The lowest BCUT2D eigenvalue weighted by Gasteiger charge is -2.27. The Bertz CT molecular complexity index is 417. The van der Waals surface area contributed by atoms with E-state index in [0.29, 0.717) is 6.61 Å². The van der Waals surface area contributed by atoms with E-state index in [2.05, 4.69) is 4.98 Å². The van der Waals surface area contributed by atoms with Gasteiger partial charge in [0.1, 0.15) is 12.4 Å². The quantitative estimate of drug-likeness (QED) is 0.763. The monoisotopic (exact) mass is 269 g/mol. The third-order valence-electron chi connectivity index (χ3n) is 3.15. The van der Waals surface area contributed by atoms with Crippen molar-refractivity contribution in [2.45, 2.75) is 44.8 Å². The van der Waals surface area contributed by atoms with Crippen LogP contribution >= 0.6 is 0 Å². The molecule has 0 bridgehead atoms. The van der Waals surface area contributed by atoms with Crippen molar-refractivity contribution >= 4 is 5.97 Å². The van der Waals surface area contributed by atoms with Crippen molar-refractivity contribution in [2.75, 3.05) is 13.7 Å². The second-order valence-corrected chi connectivity index (χ2v) is 4.48. The SMILES string of the molecule is CCOC(=O)c1coc(OC2CCCC(OC)C2)n1. The maximum atomic E-state index is 11.4. The van der Waals surface area contributed by atoms with Crippen LogP contribution in [0.4, 0.5) is 0 Å². The van der Waals surface area contributed by atoms with Crippen molar-refractivity contribution in [3.63, 3.8) is 0 Å². The van der Waals surface area contributed by atoms with Crippen molar-refractivity contribution in [1.82, 2.24) is 4.98 Å². The molecule has 0 spiro atoms. The third kappa shape index (κ3) is 3.70. The number of ether oxygens (including phenoxy) is 3. The first-order valence-electron chi connectivity index (χ1n) is 6.55. The Hall–Kier alpha value is -1.56. The van der Waals surface area contributed by atoms with Crippen LogP contribution in [-0.2, 0) is 9.47 Å². The van der Waals surface area contributed by atoms with Crippen molar-refractivity contribution in [2.24, 2.45) is 0 Å². The van der Waals surface area contributed by atoms with Gasteiger partial charge in [-0.3, -0.25) is 0 Å². The molecular weight excluding hydrogens is 250 g/mol. The van der Waals surface area contributed by atoms with Crippen LogP contribution in [0.2, 0.25) is 0 Å². The number of oxazole rings is 1. The Morgan fingerprint density at radius 2 is 2.26 bits per heavy atom. The van der Waals surface area contributed by atoms with Crippen molar-refractivity contribution in [1.29, 1.82) is 0 Å². The highest BCUT2D eigenvalue weighted by molar-refractivity contribution is 5.86. The minimum absolute atomic E-state index is 0.0207. The molecule has 0 saturated heterocycles. The number of nitrogens with zero attached hydrogens (tertiary/aromatic N) is 1. The molecule has 1 heterocycles. The molecule has 0 aliphatic heterocycles. The van der Waals surface area contributed by atoms with E-state index in [-0.39, 0.29) is 24.0 Å². The molecule has 1 aliphatic carbocycles. The van der Waals surface area contributed by atoms with Gasteiger partial charge in [0.15, 0.2) is 5.69 Å². The standard InChI is InChI=1S/C13H19NO5/c1-3-17-12(15)11-8-18-13(14-11)19-10-6-4-5-9(7-10)16-2/h8-10H,3-7H2,1-2H3. The van der Waals surface area contributed by atoms with Crippen LogP contribution in [-0.4, -0.2) is 36.9 Å². The smallest absolute Gasteiger partial charge is 0.394 e. The zero-order valence-electron chi connectivity index (χ0n) is 11.3. The number of aromatic nitrogens is 1. The van der Waals surface area contributed by atoms with Crippen LogP contribution in [0.15, 0.2) is 10.7 Å². The minimum atomic E-state index is -0.500. The summed E-state index contributed by atoms with van der Waals surface area (Å²) in [7, 11) is 1.71. The van der Waals surface area contributed by atoms with Gasteiger partial charge in [0.05, 0.1) is 12.7 Å². The van der Waals surface area contributed by atoms with Crippen LogP contribution in [0, 0.1) is 0 Å². The molecule has 1 aromatic rings. The second-order valence-electron chi connectivity index (χ2n) is 4.48. The molecule has 19 heavy (non-hydrogen) atoms. The largest absolute Gasteiger partial charge is 0.461 e. The fourth-order valence-electron chi connectivity index (χ4n) is 2.18. The fourth-order valence-corrected chi connectivity index (χ4v) is 2.18. The molecule has 0 aromatic carbocycles. The zero-order chi connectivity index (χ0) is 13.7. The van der Waals surface area contributed by atoms with E-state index < -0.39 is 5.97 Å². The van der Waals surface area contributed by atoms with Gasteiger partial charge in [0.25, 0.3) is 0 Å². The lowest BCUT2D eigenvalue weighted by atomic mass is 9.95. The molecule has 0 radical (unpaired) electrons. The molecule has 2 atom stereocenters. The number of hydrogen-bond donors (Lipinski definition) is 0. The average molecular weight is 269 g/mol. The molecule has 6 nitrogen and oxygen atoms in total. The molecule has 0 amide bonds. The molecular formula is C13H19NO5. The zero-order valence-corrected chi connectivity index (χ0v) is 11.3. The number of methoxy groups -OCH3 is 1. The summed E-state index contributed by atoms with van der Waals surface area (Å²) in [5.74, 6) is -0.500. The Morgan fingerprint density at radius 1 is 1.47 bits per heavy atom. The fraction of sp³-hybridized carbons (Fsp3) is 0.692. The van der Waals surface area contributed by atoms with Gasteiger partial charge in [0.2, 0.25) is 0 Å². The first-order valence-corrected chi connectivity index (χ1v) is 6.55. The Balaban J connectivity index is 1.90. The van der Waals surface area contributed by atoms with Gasteiger partial charge < -0.3 is 18.6 Å². The van der Waals surface area contributed by atoms with E-state index in [1.165, 1.54) is 6.26 Å². The van der Waals surface area contributed by atoms with E-state index >= 15 is 0 Å². The Kier molecular flexibility index (Phi) is 4.79. The third-order valence-corrected chi connectivity index (χ3v) is 3.15. The highest BCUT2D eigenvalue weighted by Crippen LogP contribution is 2.25. The number of hydrogen-bond acceptors (Lipinski definition) is 6. The number of carbonyl (C=O) groups is 1. The van der Waals surface area contributed by atoms with Crippen molar-refractivity contribution < 1.29 is 23.4 Å². The normalized spacial score (nSPS) is 23.1. The number of esters is 1. The first kappa shape index (κ1) is 13.9. The number of rotatable bonds is 5. The summed E-state index contributed by atoms with van der Waals surface area (Å²) >= 11 is 0. The lowest BCUT2D eigenvalue weighted by molar-refractivity contribution is 0.0110. The summed E-state index contributed by atoms with van der Waals surface area (Å²) in [6, 6.07) is 0. The van der Waals surface area contributed by atoms with Gasteiger partial charge in [-0.1, -0.05) is 0 Å². The number of carbonyl (C=O) groups excluding carboxylic acids is 1. The molecule has 2 rings (SSSR count). The molecule has 6 heteroatoms. The van der Waals surface area contributed by atoms with E-state index in [1.807, 2.05) is 0 Å². The molecule has 1 aliphatic rings. The van der Waals surface area contributed by atoms with Gasteiger partial charge in [-0.25, -0.2) is 4.79 Å². The van der Waals surface area contributed by atoms with Crippen LogP contribution in [0.3, 0.4) is 0 Å². The predicted molar refractivity (Wildman–Crippen MR) is 66.1 cm³/mol. The summed E-state index contributed by atoms with van der Waals surface area (Å²) in [5, 5.41) is 0. The molecule has 106 valence electrons. The highest BCUT2D eigenvalue weighted by atomic mass is 16.6. The minimum Gasteiger partial charge on any atom is -0.461 e. The first-order chi connectivity index (χ1) is 9.22. The van der Waals surface area contributed by atoms with E-state index in [0.717, 1.165) is 25.7 Å². The molecule has 1 fully saturated rings. The molecule has 1 aromatic heterocycles. The van der Waals surface area contributed by atoms with Crippen LogP contribution in [0.1, 0.15) is 43.1 Å². The van der Waals surface area contributed by atoms with Gasteiger partial charge in [-0.15, -0.1) is 0 Å². The second kappa shape index (κ2) is 6.56. The maximum Gasteiger partial charge on any atom is 0.394 e. The highest BCUT2D eigenvalue weighted by Gasteiger charge is 2.25. The van der Waals surface area contributed by atoms with Crippen molar-refractivity contribution in [3.05, 3.63) is 12.0 Å². The van der Waals surface area contributed by atoms with Gasteiger partial charge in [-0.2, -0.15) is 4.98 Å². The lowest BCUT2D eigenvalue weighted by Crippen LogP contribution is -2.29. The van der Waals surface area contributed by atoms with Crippen molar-refractivity contribution in [3.8, 4) is 6.08 Å². The average Bonchev–Trinajstić information content (AvgIpc) is 2.88.